The highest BCUT2D eigenvalue weighted by Crippen LogP contribution is 2.27. The molecule has 1 fully saturated rings. The molecular formula is C23H26N2O4. The van der Waals surface area contributed by atoms with Crippen molar-refractivity contribution in [3.63, 3.8) is 0 Å². The lowest BCUT2D eigenvalue weighted by atomic mass is 9.98. The molecule has 2 unspecified atom stereocenters. The number of hydrogen-bond donors (Lipinski definition) is 1. The van der Waals surface area contributed by atoms with Crippen LogP contribution >= 0.6 is 0 Å². The van der Waals surface area contributed by atoms with Gasteiger partial charge in [0, 0.05) is 13.0 Å². The van der Waals surface area contributed by atoms with Crippen LogP contribution in [0.3, 0.4) is 0 Å². The van der Waals surface area contributed by atoms with E-state index in [0.717, 1.165) is 42.8 Å². The fourth-order valence-electron chi connectivity index (χ4n) is 4.13. The van der Waals surface area contributed by atoms with Gasteiger partial charge < -0.3 is 14.8 Å². The standard InChI is InChI=1S/C23H26N2O4/c1-28-18-10-8-16(9-11-18)20(25-12-4-5-13-25)15-24-22(26)21-14-17-6-2-3-7-19(17)23(27)29-21/h2-3,6-11,20-21H,4-5,12-15H2,1H3,(H,24,26). The number of carbonyl (C=O) groups excluding carboxylic acids is 2. The van der Waals surface area contributed by atoms with E-state index in [4.69, 9.17) is 9.47 Å². The summed E-state index contributed by atoms with van der Waals surface area (Å²) in [7, 11) is 1.65. The van der Waals surface area contributed by atoms with Crippen molar-refractivity contribution >= 4 is 11.9 Å². The smallest absolute Gasteiger partial charge is 0.339 e. The number of cyclic esters (lactones) is 1. The lowest BCUT2D eigenvalue weighted by molar-refractivity contribution is -0.130. The molecule has 2 aliphatic rings. The molecule has 2 aromatic rings. The van der Waals surface area contributed by atoms with Gasteiger partial charge in [0.15, 0.2) is 6.10 Å². The number of fused-ring (bicyclic) bond motifs is 1. The zero-order valence-electron chi connectivity index (χ0n) is 16.6. The van der Waals surface area contributed by atoms with Crippen molar-refractivity contribution in [1.29, 1.82) is 0 Å². The highest BCUT2D eigenvalue weighted by Gasteiger charge is 2.32. The van der Waals surface area contributed by atoms with Crippen molar-refractivity contribution in [2.24, 2.45) is 0 Å². The number of rotatable bonds is 6. The maximum Gasteiger partial charge on any atom is 0.339 e. The molecule has 1 saturated heterocycles. The van der Waals surface area contributed by atoms with E-state index in [1.54, 1.807) is 19.2 Å². The summed E-state index contributed by atoms with van der Waals surface area (Å²) < 4.78 is 10.6. The van der Waals surface area contributed by atoms with E-state index in [-0.39, 0.29) is 11.9 Å². The lowest BCUT2D eigenvalue weighted by Gasteiger charge is -2.29. The third-order valence-corrected chi connectivity index (χ3v) is 5.74. The van der Waals surface area contributed by atoms with Gasteiger partial charge in [0.1, 0.15) is 5.75 Å². The fourth-order valence-corrected chi connectivity index (χ4v) is 4.13. The Kier molecular flexibility index (Phi) is 5.81. The van der Waals surface area contributed by atoms with E-state index in [9.17, 15) is 9.59 Å². The number of ether oxygens (including phenoxy) is 2. The largest absolute Gasteiger partial charge is 0.497 e. The van der Waals surface area contributed by atoms with Gasteiger partial charge in [-0.15, -0.1) is 0 Å². The summed E-state index contributed by atoms with van der Waals surface area (Å²) in [5.74, 6) is 0.134. The van der Waals surface area contributed by atoms with Crippen LogP contribution in [0.5, 0.6) is 5.75 Å². The highest BCUT2D eigenvalue weighted by molar-refractivity contribution is 5.95. The van der Waals surface area contributed by atoms with Crippen molar-refractivity contribution in [3.8, 4) is 5.75 Å². The topological polar surface area (TPSA) is 67.9 Å². The van der Waals surface area contributed by atoms with E-state index < -0.39 is 12.1 Å². The molecule has 1 amide bonds. The third kappa shape index (κ3) is 4.27. The second kappa shape index (κ2) is 8.66. The van der Waals surface area contributed by atoms with Crippen LogP contribution in [0.2, 0.25) is 0 Å². The molecule has 2 atom stereocenters. The Morgan fingerprint density at radius 1 is 1.17 bits per heavy atom. The van der Waals surface area contributed by atoms with Gasteiger partial charge in [-0.2, -0.15) is 0 Å². The molecule has 6 heteroatoms. The molecule has 0 bridgehead atoms. The van der Waals surface area contributed by atoms with E-state index >= 15 is 0 Å². The first-order valence-electron chi connectivity index (χ1n) is 10.1. The minimum Gasteiger partial charge on any atom is -0.497 e. The number of carbonyl (C=O) groups is 2. The van der Waals surface area contributed by atoms with E-state index in [1.807, 2.05) is 36.4 Å². The normalized spacial score (nSPS) is 19.9. The van der Waals surface area contributed by atoms with Gasteiger partial charge in [0.05, 0.1) is 18.7 Å². The minimum absolute atomic E-state index is 0.0823. The molecular weight excluding hydrogens is 368 g/mol. The van der Waals surface area contributed by atoms with Gasteiger partial charge >= 0.3 is 5.97 Å². The molecule has 0 spiro atoms. The van der Waals surface area contributed by atoms with E-state index in [2.05, 4.69) is 10.2 Å². The Hall–Kier alpha value is -2.86. The predicted molar refractivity (Wildman–Crippen MR) is 109 cm³/mol. The van der Waals surface area contributed by atoms with Crippen molar-refractivity contribution in [1.82, 2.24) is 10.2 Å². The van der Waals surface area contributed by atoms with Crippen LogP contribution in [-0.2, 0) is 16.0 Å². The van der Waals surface area contributed by atoms with E-state index in [0.29, 0.717) is 18.5 Å². The number of benzene rings is 2. The first-order valence-corrected chi connectivity index (χ1v) is 10.1. The number of esters is 1. The van der Waals surface area contributed by atoms with Crippen molar-refractivity contribution in [2.45, 2.75) is 31.4 Å². The maximum atomic E-state index is 12.8. The molecule has 152 valence electrons. The molecule has 4 rings (SSSR count). The first-order chi connectivity index (χ1) is 14.2. The second-order valence-corrected chi connectivity index (χ2v) is 7.53. The Morgan fingerprint density at radius 2 is 1.90 bits per heavy atom. The Labute approximate surface area is 170 Å². The third-order valence-electron chi connectivity index (χ3n) is 5.74. The molecule has 1 N–H and O–H groups in total. The Morgan fingerprint density at radius 3 is 2.62 bits per heavy atom. The number of methoxy groups -OCH3 is 1. The van der Waals surface area contributed by atoms with Gasteiger partial charge in [-0.1, -0.05) is 30.3 Å². The van der Waals surface area contributed by atoms with Crippen LogP contribution in [0, 0.1) is 0 Å². The summed E-state index contributed by atoms with van der Waals surface area (Å²) in [5, 5.41) is 3.02. The quantitative estimate of drug-likeness (QED) is 0.763. The summed E-state index contributed by atoms with van der Waals surface area (Å²) in [6.45, 7) is 2.50. The SMILES string of the molecule is COc1ccc(C(CNC(=O)C2Cc3ccccc3C(=O)O2)N2CCCC2)cc1. The number of amides is 1. The van der Waals surface area contributed by atoms with Gasteiger partial charge in [-0.3, -0.25) is 9.69 Å². The summed E-state index contributed by atoms with van der Waals surface area (Å²) in [6, 6.07) is 15.4. The van der Waals surface area contributed by atoms with Crippen LogP contribution in [0.1, 0.15) is 40.4 Å². The van der Waals surface area contributed by atoms with Crippen LogP contribution in [0.4, 0.5) is 0 Å². The summed E-state index contributed by atoms with van der Waals surface area (Å²) in [6.07, 6.45) is 1.95. The Bertz CT molecular complexity index is 875. The molecule has 29 heavy (non-hydrogen) atoms. The van der Waals surface area contributed by atoms with Gasteiger partial charge in [-0.25, -0.2) is 4.79 Å². The summed E-state index contributed by atoms with van der Waals surface area (Å²) >= 11 is 0. The molecule has 2 heterocycles. The van der Waals surface area contributed by atoms with Crippen molar-refractivity contribution in [2.75, 3.05) is 26.7 Å². The number of nitrogens with one attached hydrogen (secondary N) is 1. The van der Waals surface area contributed by atoms with Gasteiger partial charge in [-0.05, 0) is 55.3 Å². The first kappa shape index (κ1) is 19.5. The summed E-state index contributed by atoms with van der Waals surface area (Å²) in [5.41, 5.74) is 2.54. The van der Waals surface area contributed by atoms with Crippen LogP contribution in [-0.4, -0.2) is 49.6 Å². The molecule has 2 aromatic carbocycles. The highest BCUT2D eigenvalue weighted by atomic mass is 16.5. The second-order valence-electron chi connectivity index (χ2n) is 7.53. The molecule has 0 aliphatic carbocycles. The minimum atomic E-state index is -0.785. The monoisotopic (exact) mass is 394 g/mol. The zero-order valence-corrected chi connectivity index (χ0v) is 16.6. The molecule has 0 saturated carbocycles. The average molecular weight is 394 g/mol. The van der Waals surface area contributed by atoms with Gasteiger partial charge in [0.2, 0.25) is 0 Å². The van der Waals surface area contributed by atoms with Crippen molar-refractivity contribution < 1.29 is 19.1 Å². The van der Waals surface area contributed by atoms with E-state index in [1.165, 1.54) is 0 Å². The Balaban J connectivity index is 1.44. The molecule has 6 nitrogen and oxygen atoms in total. The maximum absolute atomic E-state index is 12.8. The average Bonchev–Trinajstić information content (AvgIpc) is 3.29. The summed E-state index contributed by atoms with van der Waals surface area (Å²) in [4.78, 5) is 27.4. The number of hydrogen-bond acceptors (Lipinski definition) is 5. The fraction of sp³-hybridized carbons (Fsp3) is 0.391. The van der Waals surface area contributed by atoms with Crippen LogP contribution in [0.15, 0.2) is 48.5 Å². The van der Waals surface area contributed by atoms with Crippen molar-refractivity contribution in [3.05, 3.63) is 65.2 Å². The number of likely N-dealkylation sites (tertiary alicyclic amines) is 1. The molecule has 2 aliphatic heterocycles. The van der Waals surface area contributed by atoms with Gasteiger partial charge in [0.25, 0.3) is 5.91 Å². The van der Waals surface area contributed by atoms with Crippen LogP contribution < -0.4 is 10.1 Å². The zero-order chi connectivity index (χ0) is 20.2. The van der Waals surface area contributed by atoms with Crippen LogP contribution in [0.25, 0.3) is 0 Å². The lowest BCUT2D eigenvalue weighted by Crippen LogP contribution is -2.45. The predicted octanol–water partition coefficient (Wildman–Crippen LogP) is 2.73. The number of nitrogens with zero attached hydrogens (tertiary/aromatic N) is 1. The molecule has 0 aromatic heterocycles. The molecule has 0 radical (unpaired) electrons.